The van der Waals surface area contributed by atoms with Gasteiger partial charge in [-0.1, -0.05) is 11.2 Å². The van der Waals surface area contributed by atoms with Crippen molar-refractivity contribution in [2.75, 3.05) is 20.3 Å². The summed E-state index contributed by atoms with van der Waals surface area (Å²) in [7, 11) is 1.63. The lowest BCUT2D eigenvalue weighted by atomic mass is 9.95. The molecule has 1 saturated heterocycles. The molecule has 7 heteroatoms. The minimum atomic E-state index is -0.186. The topological polar surface area (TPSA) is 77.7 Å². The molecule has 2 atom stereocenters. The molecule has 1 amide bonds. The van der Waals surface area contributed by atoms with Crippen LogP contribution in [0.4, 0.5) is 0 Å². The van der Waals surface area contributed by atoms with Crippen molar-refractivity contribution in [1.82, 2.24) is 15.0 Å². The first-order valence-corrected chi connectivity index (χ1v) is 8.56. The fourth-order valence-electron chi connectivity index (χ4n) is 3.62. The van der Waals surface area contributed by atoms with Crippen molar-refractivity contribution in [3.63, 3.8) is 0 Å². The third-order valence-corrected chi connectivity index (χ3v) is 4.91. The molecule has 0 spiro atoms. The summed E-state index contributed by atoms with van der Waals surface area (Å²) >= 11 is 0. The Morgan fingerprint density at radius 3 is 3.04 bits per heavy atom. The second kappa shape index (κ2) is 6.38. The Labute approximate surface area is 145 Å². The van der Waals surface area contributed by atoms with Gasteiger partial charge in [0.15, 0.2) is 5.82 Å². The molecular formula is C18H21N3O4. The van der Waals surface area contributed by atoms with E-state index < -0.39 is 0 Å². The molecule has 2 aliphatic heterocycles. The van der Waals surface area contributed by atoms with Crippen LogP contribution in [0.5, 0.6) is 11.5 Å². The maximum Gasteiger partial charge on any atom is 0.230 e. The van der Waals surface area contributed by atoms with Gasteiger partial charge in [0, 0.05) is 19.5 Å². The lowest BCUT2D eigenvalue weighted by molar-refractivity contribution is -0.138. The Kier molecular flexibility index (Phi) is 4.07. The smallest absolute Gasteiger partial charge is 0.230 e. The Balaban J connectivity index is 1.51. The molecule has 1 fully saturated rings. The number of aromatic nitrogens is 2. The molecule has 2 aromatic rings. The van der Waals surface area contributed by atoms with Gasteiger partial charge in [-0.05, 0) is 30.9 Å². The Bertz CT molecular complexity index is 788. The number of benzene rings is 1. The van der Waals surface area contributed by atoms with Gasteiger partial charge >= 0.3 is 0 Å². The Hall–Kier alpha value is -2.57. The van der Waals surface area contributed by atoms with E-state index in [0.717, 1.165) is 36.4 Å². The highest BCUT2D eigenvalue weighted by Gasteiger charge is 2.38. The van der Waals surface area contributed by atoms with E-state index in [1.54, 1.807) is 14.0 Å². The van der Waals surface area contributed by atoms with Crippen LogP contribution in [-0.4, -0.2) is 41.2 Å². The van der Waals surface area contributed by atoms with E-state index in [9.17, 15) is 4.79 Å². The number of ether oxygens (including phenoxy) is 2. The van der Waals surface area contributed by atoms with Crippen molar-refractivity contribution in [3.05, 3.63) is 35.5 Å². The fraction of sp³-hybridized carbons (Fsp3) is 0.500. The summed E-state index contributed by atoms with van der Waals surface area (Å²) in [5.41, 5.74) is 1.04. The van der Waals surface area contributed by atoms with Crippen LogP contribution in [0.2, 0.25) is 0 Å². The number of aryl methyl sites for hydroxylation is 1. The van der Waals surface area contributed by atoms with Crippen LogP contribution in [0.3, 0.4) is 0 Å². The predicted molar refractivity (Wildman–Crippen MR) is 88.4 cm³/mol. The van der Waals surface area contributed by atoms with E-state index in [0.29, 0.717) is 24.7 Å². The molecule has 0 saturated carbocycles. The summed E-state index contributed by atoms with van der Waals surface area (Å²) in [6.07, 6.45) is 2.49. The average molecular weight is 343 g/mol. The highest BCUT2D eigenvalue weighted by molar-refractivity contribution is 5.80. The van der Waals surface area contributed by atoms with E-state index in [4.69, 9.17) is 14.0 Å². The SMILES string of the molecule is COc1ccc2c(c1)OC[C@@H](C(=O)N1CCC[C@@H]1c1noc(C)n1)C2. The second-order valence-electron chi connectivity index (χ2n) is 6.55. The summed E-state index contributed by atoms with van der Waals surface area (Å²) < 4.78 is 16.1. The van der Waals surface area contributed by atoms with Crippen LogP contribution in [0.15, 0.2) is 22.7 Å². The lowest BCUT2D eigenvalue weighted by Crippen LogP contribution is -2.40. The fourth-order valence-corrected chi connectivity index (χ4v) is 3.62. The first-order chi connectivity index (χ1) is 12.2. The summed E-state index contributed by atoms with van der Waals surface area (Å²) in [6, 6.07) is 5.65. The molecule has 4 rings (SSSR count). The second-order valence-corrected chi connectivity index (χ2v) is 6.55. The maximum absolute atomic E-state index is 13.1. The zero-order valence-electron chi connectivity index (χ0n) is 14.4. The van der Waals surface area contributed by atoms with Crippen molar-refractivity contribution in [2.45, 2.75) is 32.2 Å². The highest BCUT2D eigenvalue weighted by Crippen LogP contribution is 2.35. The van der Waals surface area contributed by atoms with Gasteiger partial charge in [-0.25, -0.2) is 0 Å². The number of hydrogen-bond acceptors (Lipinski definition) is 6. The molecule has 7 nitrogen and oxygen atoms in total. The molecule has 0 N–H and O–H groups in total. The minimum Gasteiger partial charge on any atom is -0.497 e. The number of carbonyl (C=O) groups excluding carboxylic acids is 1. The van der Waals surface area contributed by atoms with Crippen LogP contribution in [0, 0.1) is 12.8 Å². The molecule has 2 aliphatic rings. The van der Waals surface area contributed by atoms with Gasteiger partial charge in [0.05, 0.1) is 19.1 Å². The highest BCUT2D eigenvalue weighted by atomic mass is 16.5. The molecular weight excluding hydrogens is 322 g/mol. The molecule has 3 heterocycles. The molecule has 1 aromatic carbocycles. The first-order valence-electron chi connectivity index (χ1n) is 8.56. The molecule has 0 bridgehead atoms. The number of fused-ring (bicyclic) bond motifs is 1. The van der Waals surface area contributed by atoms with E-state index in [2.05, 4.69) is 10.1 Å². The van der Waals surface area contributed by atoms with Crippen LogP contribution in [0.1, 0.15) is 36.2 Å². The number of likely N-dealkylation sites (tertiary alicyclic amines) is 1. The zero-order valence-corrected chi connectivity index (χ0v) is 14.4. The number of amides is 1. The van der Waals surface area contributed by atoms with Crippen molar-refractivity contribution in [2.24, 2.45) is 5.92 Å². The third kappa shape index (κ3) is 2.94. The van der Waals surface area contributed by atoms with Gasteiger partial charge in [-0.2, -0.15) is 4.98 Å². The Morgan fingerprint density at radius 2 is 2.28 bits per heavy atom. The van der Waals surface area contributed by atoms with Gasteiger partial charge < -0.3 is 18.9 Å². The van der Waals surface area contributed by atoms with E-state index in [-0.39, 0.29) is 17.9 Å². The summed E-state index contributed by atoms with van der Waals surface area (Å²) in [5, 5.41) is 4.01. The number of methoxy groups -OCH3 is 1. The van der Waals surface area contributed by atoms with Gasteiger partial charge in [0.2, 0.25) is 11.8 Å². The van der Waals surface area contributed by atoms with E-state index in [1.807, 2.05) is 23.1 Å². The Morgan fingerprint density at radius 1 is 1.40 bits per heavy atom. The molecule has 0 unspecified atom stereocenters. The molecule has 25 heavy (non-hydrogen) atoms. The molecule has 1 aromatic heterocycles. The monoisotopic (exact) mass is 343 g/mol. The largest absolute Gasteiger partial charge is 0.497 e. The minimum absolute atomic E-state index is 0.0952. The van der Waals surface area contributed by atoms with Crippen molar-refractivity contribution >= 4 is 5.91 Å². The van der Waals surface area contributed by atoms with Gasteiger partial charge in [-0.15, -0.1) is 0 Å². The van der Waals surface area contributed by atoms with Crippen LogP contribution in [-0.2, 0) is 11.2 Å². The molecule has 0 aliphatic carbocycles. The summed E-state index contributed by atoms with van der Waals surface area (Å²) in [6.45, 7) is 2.87. The number of rotatable bonds is 3. The summed E-state index contributed by atoms with van der Waals surface area (Å²) in [4.78, 5) is 19.2. The number of hydrogen-bond donors (Lipinski definition) is 0. The normalized spacial score (nSPS) is 22.4. The lowest BCUT2D eigenvalue weighted by Gasteiger charge is -2.30. The first kappa shape index (κ1) is 15.9. The predicted octanol–water partition coefficient (Wildman–Crippen LogP) is 2.30. The average Bonchev–Trinajstić information content (AvgIpc) is 3.28. The summed E-state index contributed by atoms with van der Waals surface area (Å²) in [5.74, 6) is 2.61. The van der Waals surface area contributed by atoms with Crippen LogP contribution >= 0.6 is 0 Å². The standard InChI is InChI=1S/C18H21N3O4/c1-11-19-17(20-25-11)15-4-3-7-21(15)18(22)13-8-12-5-6-14(23-2)9-16(12)24-10-13/h5-6,9,13,15H,3-4,7-8,10H2,1-2H3/t13-,15+/m0/s1. The van der Waals surface area contributed by atoms with Crippen molar-refractivity contribution in [3.8, 4) is 11.5 Å². The van der Waals surface area contributed by atoms with Gasteiger partial charge in [-0.3, -0.25) is 4.79 Å². The van der Waals surface area contributed by atoms with Crippen molar-refractivity contribution < 1.29 is 18.8 Å². The van der Waals surface area contributed by atoms with Crippen molar-refractivity contribution in [1.29, 1.82) is 0 Å². The molecule has 132 valence electrons. The van der Waals surface area contributed by atoms with Gasteiger partial charge in [0.1, 0.15) is 18.1 Å². The maximum atomic E-state index is 13.1. The van der Waals surface area contributed by atoms with E-state index >= 15 is 0 Å². The van der Waals surface area contributed by atoms with Crippen LogP contribution in [0.25, 0.3) is 0 Å². The third-order valence-electron chi connectivity index (χ3n) is 4.91. The number of nitrogens with zero attached hydrogens (tertiary/aromatic N) is 3. The number of carbonyl (C=O) groups is 1. The zero-order chi connectivity index (χ0) is 17.4. The molecule has 0 radical (unpaired) electrons. The van der Waals surface area contributed by atoms with Crippen LogP contribution < -0.4 is 9.47 Å². The van der Waals surface area contributed by atoms with Gasteiger partial charge in [0.25, 0.3) is 0 Å². The van der Waals surface area contributed by atoms with E-state index in [1.165, 1.54) is 0 Å². The quantitative estimate of drug-likeness (QED) is 0.851.